The van der Waals surface area contributed by atoms with E-state index in [2.05, 4.69) is 10.3 Å². The van der Waals surface area contributed by atoms with Gasteiger partial charge in [-0.3, -0.25) is 9.78 Å². The predicted octanol–water partition coefficient (Wildman–Crippen LogP) is 1.87. The molecule has 0 aliphatic heterocycles. The molecule has 0 saturated heterocycles. The van der Waals surface area contributed by atoms with Gasteiger partial charge in [0.1, 0.15) is 11.4 Å². The summed E-state index contributed by atoms with van der Waals surface area (Å²) in [4.78, 5) is 15.6. The second-order valence-corrected chi connectivity index (χ2v) is 3.86. The van der Waals surface area contributed by atoms with E-state index in [0.717, 1.165) is 17.7 Å². The minimum atomic E-state index is -1.05. The number of halogens is 2. The third-order valence-corrected chi connectivity index (χ3v) is 2.55. The minimum absolute atomic E-state index is 0.148. The molecule has 0 aliphatic carbocycles. The van der Waals surface area contributed by atoms with Gasteiger partial charge in [-0.05, 0) is 29.8 Å². The van der Waals surface area contributed by atoms with Gasteiger partial charge < -0.3 is 11.1 Å². The molecule has 0 bridgehead atoms. The fraction of sp³-hybridized carbons (Fsp3) is 0.0769. The van der Waals surface area contributed by atoms with E-state index in [1.165, 1.54) is 0 Å². The Labute approximate surface area is 108 Å². The highest BCUT2D eigenvalue weighted by atomic mass is 19.1. The molecule has 0 saturated carbocycles. The summed E-state index contributed by atoms with van der Waals surface area (Å²) in [6.07, 6.45) is 3.12. The number of pyridine rings is 1. The molecule has 6 heteroatoms. The van der Waals surface area contributed by atoms with Crippen LogP contribution in [0.3, 0.4) is 0 Å². The quantitative estimate of drug-likeness (QED) is 0.831. The Morgan fingerprint density at radius 1 is 1.21 bits per heavy atom. The van der Waals surface area contributed by atoms with Crippen LogP contribution in [0, 0.1) is 11.6 Å². The molecule has 2 rings (SSSR count). The van der Waals surface area contributed by atoms with Crippen molar-refractivity contribution >= 4 is 11.6 Å². The summed E-state index contributed by atoms with van der Waals surface area (Å²) in [5.41, 5.74) is 5.14. The number of benzene rings is 1. The molecule has 0 unspecified atom stereocenters. The van der Waals surface area contributed by atoms with E-state index < -0.39 is 23.1 Å². The van der Waals surface area contributed by atoms with Crippen molar-refractivity contribution in [1.29, 1.82) is 0 Å². The third kappa shape index (κ3) is 2.85. The molecule has 0 spiro atoms. The molecule has 3 N–H and O–H groups in total. The maximum Gasteiger partial charge on any atom is 0.257 e. The number of carbonyl (C=O) groups excluding carboxylic acids is 1. The van der Waals surface area contributed by atoms with Crippen molar-refractivity contribution in [3.05, 3.63) is 59.4 Å². The molecule has 2 aromatic rings. The molecular weight excluding hydrogens is 252 g/mol. The van der Waals surface area contributed by atoms with Gasteiger partial charge in [-0.25, -0.2) is 8.78 Å². The van der Waals surface area contributed by atoms with E-state index in [-0.39, 0.29) is 12.2 Å². The van der Waals surface area contributed by atoms with Gasteiger partial charge in [-0.2, -0.15) is 0 Å². The number of nitrogens with one attached hydrogen (secondary N) is 1. The van der Waals surface area contributed by atoms with Gasteiger partial charge in [-0.15, -0.1) is 0 Å². The zero-order valence-corrected chi connectivity index (χ0v) is 9.86. The van der Waals surface area contributed by atoms with Gasteiger partial charge >= 0.3 is 0 Å². The third-order valence-electron chi connectivity index (χ3n) is 2.55. The van der Waals surface area contributed by atoms with Crippen molar-refractivity contribution in [1.82, 2.24) is 10.3 Å². The van der Waals surface area contributed by atoms with Gasteiger partial charge in [0.2, 0.25) is 0 Å². The Kier molecular flexibility index (Phi) is 3.70. The summed E-state index contributed by atoms with van der Waals surface area (Å²) >= 11 is 0. The molecule has 0 aliphatic rings. The molecule has 98 valence electrons. The van der Waals surface area contributed by atoms with Gasteiger partial charge in [0.05, 0.1) is 5.69 Å². The summed E-state index contributed by atoms with van der Waals surface area (Å²) in [7, 11) is 0. The number of rotatable bonds is 3. The molecule has 1 aromatic heterocycles. The first-order valence-electron chi connectivity index (χ1n) is 5.50. The smallest absolute Gasteiger partial charge is 0.257 e. The Hall–Kier alpha value is -2.50. The highest BCUT2D eigenvalue weighted by Gasteiger charge is 2.19. The number of carbonyl (C=O) groups is 1. The minimum Gasteiger partial charge on any atom is -0.396 e. The summed E-state index contributed by atoms with van der Waals surface area (Å²) in [5, 5.41) is 2.42. The van der Waals surface area contributed by atoms with E-state index >= 15 is 0 Å². The fourth-order valence-corrected chi connectivity index (χ4v) is 1.55. The summed E-state index contributed by atoms with van der Waals surface area (Å²) < 4.78 is 27.0. The van der Waals surface area contributed by atoms with Gasteiger partial charge in [0.25, 0.3) is 5.91 Å². The summed E-state index contributed by atoms with van der Waals surface area (Å²) in [6.45, 7) is 0.148. The summed E-state index contributed by atoms with van der Waals surface area (Å²) in [6, 6.07) is 5.41. The highest BCUT2D eigenvalue weighted by molar-refractivity contribution is 5.95. The van der Waals surface area contributed by atoms with Crippen LogP contribution in [0.2, 0.25) is 0 Å². The molecule has 1 aromatic carbocycles. The van der Waals surface area contributed by atoms with Gasteiger partial charge in [0.15, 0.2) is 5.82 Å². The van der Waals surface area contributed by atoms with Crippen molar-refractivity contribution < 1.29 is 13.6 Å². The SMILES string of the molecule is Nc1ccc(F)c(C(=O)NCc2ccncc2)c1F. The van der Waals surface area contributed by atoms with Crippen LogP contribution in [0.5, 0.6) is 0 Å². The lowest BCUT2D eigenvalue weighted by molar-refractivity contribution is 0.0942. The van der Waals surface area contributed by atoms with Crippen LogP contribution >= 0.6 is 0 Å². The standard InChI is InChI=1S/C13H11F2N3O/c14-9-1-2-10(16)12(15)11(9)13(19)18-7-8-3-5-17-6-4-8/h1-6H,7,16H2,(H,18,19). The second-order valence-electron chi connectivity index (χ2n) is 3.86. The highest BCUT2D eigenvalue weighted by Crippen LogP contribution is 2.18. The van der Waals surface area contributed by atoms with Crippen LogP contribution in [0.4, 0.5) is 14.5 Å². The molecule has 19 heavy (non-hydrogen) atoms. The Balaban J connectivity index is 2.15. The number of nitrogens with zero attached hydrogens (tertiary/aromatic N) is 1. The maximum absolute atomic E-state index is 13.6. The predicted molar refractivity (Wildman–Crippen MR) is 66.2 cm³/mol. The monoisotopic (exact) mass is 263 g/mol. The Bertz CT molecular complexity index is 602. The first-order valence-corrected chi connectivity index (χ1v) is 5.50. The molecule has 0 atom stereocenters. The second kappa shape index (κ2) is 5.43. The van der Waals surface area contributed by atoms with E-state index in [1.54, 1.807) is 24.5 Å². The number of anilines is 1. The lowest BCUT2D eigenvalue weighted by Gasteiger charge is -2.08. The van der Waals surface area contributed by atoms with Gasteiger partial charge in [0, 0.05) is 18.9 Å². The number of amides is 1. The van der Waals surface area contributed by atoms with Crippen molar-refractivity contribution in [3.8, 4) is 0 Å². The molecule has 0 radical (unpaired) electrons. The van der Waals surface area contributed by atoms with E-state index in [4.69, 9.17) is 5.73 Å². The lowest BCUT2D eigenvalue weighted by Crippen LogP contribution is -2.25. The van der Waals surface area contributed by atoms with Crippen LogP contribution in [0.25, 0.3) is 0 Å². The zero-order valence-electron chi connectivity index (χ0n) is 9.86. The average molecular weight is 263 g/mol. The van der Waals surface area contributed by atoms with Crippen LogP contribution in [-0.4, -0.2) is 10.9 Å². The fourth-order valence-electron chi connectivity index (χ4n) is 1.55. The van der Waals surface area contributed by atoms with Crippen molar-refractivity contribution in [2.75, 3.05) is 5.73 Å². The van der Waals surface area contributed by atoms with Gasteiger partial charge in [-0.1, -0.05) is 0 Å². The van der Waals surface area contributed by atoms with Crippen LogP contribution in [0.15, 0.2) is 36.7 Å². The zero-order chi connectivity index (χ0) is 13.8. The molecule has 1 amide bonds. The molecule has 4 nitrogen and oxygen atoms in total. The topological polar surface area (TPSA) is 68.0 Å². The number of aromatic nitrogens is 1. The first-order chi connectivity index (χ1) is 9.09. The summed E-state index contributed by atoms with van der Waals surface area (Å²) in [5.74, 6) is -2.84. The molecule has 1 heterocycles. The number of hydrogen-bond donors (Lipinski definition) is 2. The first kappa shape index (κ1) is 12.9. The van der Waals surface area contributed by atoms with E-state index in [1.807, 2.05) is 0 Å². The van der Waals surface area contributed by atoms with Crippen LogP contribution in [-0.2, 0) is 6.54 Å². The van der Waals surface area contributed by atoms with Crippen LogP contribution in [0.1, 0.15) is 15.9 Å². The average Bonchev–Trinajstić information content (AvgIpc) is 2.42. The molecular formula is C13H11F2N3O. The number of nitrogen functional groups attached to an aromatic ring is 1. The normalized spacial score (nSPS) is 10.2. The molecule has 0 fully saturated rings. The van der Waals surface area contributed by atoms with Crippen molar-refractivity contribution in [2.24, 2.45) is 0 Å². The lowest BCUT2D eigenvalue weighted by atomic mass is 10.1. The maximum atomic E-state index is 13.6. The van der Waals surface area contributed by atoms with Crippen LogP contribution < -0.4 is 11.1 Å². The largest absolute Gasteiger partial charge is 0.396 e. The van der Waals surface area contributed by atoms with E-state index in [9.17, 15) is 13.6 Å². The number of hydrogen-bond acceptors (Lipinski definition) is 3. The Morgan fingerprint density at radius 2 is 1.89 bits per heavy atom. The van der Waals surface area contributed by atoms with E-state index in [0.29, 0.717) is 0 Å². The number of nitrogens with two attached hydrogens (primary N) is 1. The van der Waals surface area contributed by atoms with Crippen molar-refractivity contribution in [2.45, 2.75) is 6.54 Å². The Morgan fingerprint density at radius 3 is 2.58 bits per heavy atom. The van der Waals surface area contributed by atoms with Crippen molar-refractivity contribution in [3.63, 3.8) is 0 Å².